The SMILES string of the molecule is CC(C)Cn1c(CN(C(=O)Nc2cccc(Cl)c2)C(C)C)cnc1S(=O)(=O)Cc1ccccc1. The fourth-order valence-electron chi connectivity index (χ4n) is 3.61. The second-order valence-electron chi connectivity index (χ2n) is 8.94. The highest BCUT2D eigenvalue weighted by molar-refractivity contribution is 7.90. The number of carbonyl (C=O) groups excluding carboxylic acids is 1. The summed E-state index contributed by atoms with van der Waals surface area (Å²) in [5, 5.41) is 3.42. The summed E-state index contributed by atoms with van der Waals surface area (Å²) >= 11 is 6.04. The van der Waals surface area contributed by atoms with E-state index in [9.17, 15) is 13.2 Å². The number of imidazole rings is 1. The lowest BCUT2D eigenvalue weighted by molar-refractivity contribution is 0.191. The quantitative estimate of drug-likeness (QED) is 0.412. The number of urea groups is 1. The van der Waals surface area contributed by atoms with Crippen LogP contribution in [0.1, 0.15) is 39.0 Å². The van der Waals surface area contributed by atoms with Crippen molar-refractivity contribution in [2.75, 3.05) is 5.32 Å². The van der Waals surface area contributed by atoms with Crippen LogP contribution in [0.5, 0.6) is 0 Å². The van der Waals surface area contributed by atoms with Gasteiger partial charge >= 0.3 is 6.03 Å². The normalized spacial score (nSPS) is 11.7. The summed E-state index contributed by atoms with van der Waals surface area (Å²) in [6, 6.07) is 15.6. The van der Waals surface area contributed by atoms with E-state index >= 15 is 0 Å². The molecule has 0 radical (unpaired) electrons. The molecular formula is C25H31ClN4O3S. The molecule has 0 aliphatic carbocycles. The van der Waals surface area contributed by atoms with Gasteiger partial charge in [0.2, 0.25) is 15.0 Å². The molecule has 7 nitrogen and oxygen atoms in total. The van der Waals surface area contributed by atoms with Crippen LogP contribution in [0, 0.1) is 5.92 Å². The van der Waals surface area contributed by atoms with Crippen LogP contribution in [0.25, 0.3) is 0 Å². The molecule has 1 aromatic heterocycles. The number of rotatable bonds is 9. The van der Waals surface area contributed by atoms with E-state index in [1.807, 2.05) is 45.9 Å². The number of aromatic nitrogens is 2. The van der Waals surface area contributed by atoms with Crippen molar-refractivity contribution in [3.05, 3.63) is 77.1 Å². The van der Waals surface area contributed by atoms with Crippen LogP contribution in [0.2, 0.25) is 5.02 Å². The van der Waals surface area contributed by atoms with E-state index in [1.165, 1.54) is 0 Å². The number of hydrogen-bond acceptors (Lipinski definition) is 4. The summed E-state index contributed by atoms with van der Waals surface area (Å²) in [6.07, 6.45) is 1.56. The summed E-state index contributed by atoms with van der Waals surface area (Å²) in [5.74, 6) is 0.0531. The molecule has 1 heterocycles. The second-order valence-corrected chi connectivity index (χ2v) is 11.3. The van der Waals surface area contributed by atoms with Crippen LogP contribution in [-0.4, -0.2) is 34.9 Å². The second kappa shape index (κ2) is 11.1. The number of nitrogens with zero attached hydrogens (tertiary/aromatic N) is 3. The van der Waals surface area contributed by atoms with Gasteiger partial charge in [-0.25, -0.2) is 18.2 Å². The number of anilines is 1. The Bertz CT molecular complexity index is 1220. The van der Waals surface area contributed by atoms with Gasteiger partial charge in [-0.15, -0.1) is 0 Å². The zero-order valence-electron chi connectivity index (χ0n) is 19.9. The van der Waals surface area contributed by atoms with Gasteiger partial charge in [-0.1, -0.05) is 61.8 Å². The van der Waals surface area contributed by atoms with Crippen LogP contribution in [0.3, 0.4) is 0 Å². The molecule has 0 aliphatic rings. The lowest BCUT2D eigenvalue weighted by Crippen LogP contribution is -2.40. The Morgan fingerprint density at radius 1 is 1.09 bits per heavy atom. The first-order valence-corrected chi connectivity index (χ1v) is 13.2. The molecule has 0 spiro atoms. The molecule has 9 heteroatoms. The number of amides is 2. The maximum atomic E-state index is 13.3. The minimum atomic E-state index is -3.68. The fraction of sp³-hybridized carbons (Fsp3) is 0.360. The van der Waals surface area contributed by atoms with Crippen LogP contribution in [-0.2, 0) is 28.7 Å². The van der Waals surface area contributed by atoms with Gasteiger partial charge in [-0.3, -0.25) is 0 Å². The Kier molecular flexibility index (Phi) is 8.38. The summed E-state index contributed by atoms with van der Waals surface area (Å²) in [7, 11) is -3.68. The molecule has 1 N–H and O–H groups in total. The maximum Gasteiger partial charge on any atom is 0.322 e. The van der Waals surface area contributed by atoms with Gasteiger partial charge in [-0.2, -0.15) is 0 Å². The maximum absolute atomic E-state index is 13.3. The van der Waals surface area contributed by atoms with Crippen molar-refractivity contribution in [3.8, 4) is 0 Å². The number of nitrogens with one attached hydrogen (secondary N) is 1. The molecule has 34 heavy (non-hydrogen) atoms. The van der Waals surface area contributed by atoms with Crippen molar-refractivity contribution in [3.63, 3.8) is 0 Å². The standard InChI is InChI=1S/C25H31ClN4O3S/c1-18(2)15-30-23(14-27-25(30)34(32,33)17-20-9-6-5-7-10-20)16-29(19(3)4)24(31)28-22-12-8-11-21(26)13-22/h5-14,18-19H,15-17H2,1-4H3,(H,28,31). The van der Waals surface area contributed by atoms with E-state index < -0.39 is 9.84 Å². The van der Waals surface area contributed by atoms with E-state index in [2.05, 4.69) is 10.3 Å². The van der Waals surface area contributed by atoms with Crippen molar-refractivity contribution in [2.45, 2.75) is 57.7 Å². The van der Waals surface area contributed by atoms with Gasteiger partial charge < -0.3 is 14.8 Å². The predicted octanol–water partition coefficient (Wildman–Crippen LogP) is 5.61. The third kappa shape index (κ3) is 6.61. The Hall–Kier alpha value is -2.84. The van der Waals surface area contributed by atoms with E-state index in [1.54, 1.807) is 52.1 Å². The van der Waals surface area contributed by atoms with Crippen molar-refractivity contribution >= 4 is 33.2 Å². The molecule has 0 saturated carbocycles. The van der Waals surface area contributed by atoms with Crippen LogP contribution in [0.15, 0.2) is 66.0 Å². The molecule has 182 valence electrons. The molecule has 0 aliphatic heterocycles. The highest BCUT2D eigenvalue weighted by Crippen LogP contribution is 2.22. The van der Waals surface area contributed by atoms with Crippen molar-refractivity contribution in [1.82, 2.24) is 14.5 Å². The minimum Gasteiger partial charge on any atom is -0.317 e. The summed E-state index contributed by atoms with van der Waals surface area (Å²) in [5.41, 5.74) is 1.95. The molecule has 2 amide bonds. The minimum absolute atomic E-state index is 0.0269. The molecule has 3 aromatic rings. The highest BCUT2D eigenvalue weighted by Gasteiger charge is 2.27. The first-order chi connectivity index (χ1) is 16.1. The summed E-state index contributed by atoms with van der Waals surface area (Å²) in [6.45, 7) is 8.54. The molecule has 0 fully saturated rings. The molecule has 0 bridgehead atoms. The van der Waals surface area contributed by atoms with Crippen LogP contribution < -0.4 is 5.32 Å². The predicted molar refractivity (Wildman–Crippen MR) is 136 cm³/mol. The lowest BCUT2D eigenvalue weighted by atomic mass is 10.2. The molecule has 0 unspecified atom stereocenters. The van der Waals surface area contributed by atoms with Gasteiger partial charge in [0.1, 0.15) is 0 Å². The molecule has 2 aromatic carbocycles. The Labute approximate surface area is 206 Å². The third-order valence-corrected chi connectivity index (χ3v) is 7.05. The lowest BCUT2D eigenvalue weighted by Gasteiger charge is -2.28. The summed E-state index contributed by atoms with van der Waals surface area (Å²) < 4.78 is 28.2. The Morgan fingerprint density at radius 2 is 1.79 bits per heavy atom. The average molecular weight is 503 g/mol. The fourth-order valence-corrected chi connectivity index (χ4v) is 5.30. The monoisotopic (exact) mass is 502 g/mol. The van der Waals surface area contributed by atoms with Crippen LogP contribution >= 0.6 is 11.6 Å². The molecule has 0 saturated heterocycles. The summed E-state index contributed by atoms with van der Waals surface area (Å²) in [4.78, 5) is 19.0. The number of carbonyl (C=O) groups is 1. The first kappa shape index (κ1) is 25.8. The van der Waals surface area contributed by atoms with Gasteiger partial charge in [0.15, 0.2) is 0 Å². The largest absolute Gasteiger partial charge is 0.322 e. The molecule has 3 rings (SSSR count). The van der Waals surface area contributed by atoms with E-state index in [-0.39, 0.29) is 35.4 Å². The van der Waals surface area contributed by atoms with Gasteiger partial charge in [0.25, 0.3) is 0 Å². The number of benzene rings is 2. The highest BCUT2D eigenvalue weighted by atomic mass is 35.5. The zero-order chi connectivity index (χ0) is 24.9. The topological polar surface area (TPSA) is 84.3 Å². The smallest absolute Gasteiger partial charge is 0.317 e. The van der Waals surface area contributed by atoms with Gasteiger partial charge in [0, 0.05) is 23.3 Å². The molecule has 0 atom stereocenters. The number of sulfone groups is 1. The van der Waals surface area contributed by atoms with E-state index in [0.29, 0.717) is 28.5 Å². The van der Waals surface area contributed by atoms with Crippen molar-refractivity contribution in [1.29, 1.82) is 0 Å². The van der Waals surface area contributed by atoms with E-state index in [4.69, 9.17) is 11.6 Å². The van der Waals surface area contributed by atoms with Gasteiger partial charge in [0.05, 0.1) is 24.2 Å². The zero-order valence-corrected chi connectivity index (χ0v) is 21.5. The molecular weight excluding hydrogens is 472 g/mol. The Balaban J connectivity index is 1.90. The van der Waals surface area contributed by atoms with Crippen molar-refractivity contribution in [2.24, 2.45) is 5.92 Å². The van der Waals surface area contributed by atoms with Gasteiger partial charge in [-0.05, 0) is 43.5 Å². The average Bonchev–Trinajstić information content (AvgIpc) is 3.14. The van der Waals surface area contributed by atoms with Crippen molar-refractivity contribution < 1.29 is 13.2 Å². The first-order valence-electron chi connectivity index (χ1n) is 11.2. The number of halogens is 1. The third-order valence-electron chi connectivity index (χ3n) is 5.22. The number of hydrogen-bond donors (Lipinski definition) is 1. The Morgan fingerprint density at radius 3 is 2.41 bits per heavy atom. The van der Waals surface area contributed by atoms with Crippen LogP contribution in [0.4, 0.5) is 10.5 Å². The van der Waals surface area contributed by atoms with E-state index in [0.717, 1.165) is 0 Å².